The second kappa shape index (κ2) is 5.96. The fourth-order valence-electron chi connectivity index (χ4n) is 2.91. The smallest absolute Gasteiger partial charge is 0.224 e. The van der Waals surface area contributed by atoms with Crippen LogP contribution in [0.25, 0.3) is 11.3 Å². The van der Waals surface area contributed by atoms with Gasteiger partial charge in [0.15, 0.2) is 5.76 Å². The highest BCUT2D eigenvalue weighted by molar-refractivity contribution is 5.82. The van der Waals surface area contributed by atoms with Gasteiger partial charge in [0, 0.05) is 24.7 Å². The SMILES string of the molecule is Cn1cc([C@@H]2C[C@H]2C(=O)NCc2ncc(-c3ccccc3)o2)cn1. The molecule has 1 N–H and O–H groups in total. The van der Waals surface area contributed by atoms with E-state index in [0.29, 0.717) is 18.2 Å². The molecule has 2 heterocycles. The second-order valence-corrected chi connectivity index (χ2v) is 6.10. The molecule has 0 radical (unpaired) electrons. The Kier molecular flexibility index (Phi) is 3.65. The average molecular weight is 322 g/mol. The Hall–Kier alpha value is -2.89. The monoisotopic (exact) mass is 322 g/mol. The van der Waals surface area contributed by atoms with Gasteiger partial charge in [-0.3, -0.25) is 9.48 Å². The first-order chi connectivity index (χ1) is 11.7. The van der Waals surface area contributed by atoms with Crippen LogP contribution in [-0.4, -0.2) is 20.7 Å². The Morgan fingerprint density at radius 1 is 1.33 bits per heavy atom. The zero-order chi connectivity index (χ0) is 16.5. The van der Waals surface area contributed by atoms with Gasteiger partial charge >= 0.3 is 0 Å². The van der Waals surface area contributed by atoms with Gasteiger partial charge in [0.1, 0.15) is 0 Å². The molecule has 1 aliphatic carbocycles. The fraction of sp³-hybridized carbons (Fsp3) is 0.278. The Labute approximate surface area is 139 Å². The number of oxazole rings is 1. The lowest BCUT2D eigenvalue weighted by atomic mass is 10.2. The number of aromatic nitrogens is 3. The fourth-order valence-corrected chi connectivity index (χ4v) is 2.91. The summed E-state index contributed by atoms with van der Waals surface area (Å²) in [7, 11) is 1.88. The maximum absolute atomic E-state index is 12.2. The third-order valence-corrected chi connectivity index (χ3v) is 4.31. The predicted molar refractivity (Wildman–Crippen MR) is 87.8 cm³/mol. The summed E-state index contributed by atoms with van der Waals surface area (Å²) < 4.78 is 7.46. The number of aryl methyl sites for hydroxylation is 1. The van der Waals surface area contributed by atoms with Crippen LogP contribution in [0.5, 0.6) is 0 Å². The van der Waals surface area contributed by atoms with Crippen molar-refractivity contribution in [2.45, 2.75) is 18.9 Å². The number of carbonyl (C=O) groups excluding carboxylic acids is 1. The van der Waals surface area contributed by atoms with Gasteiger partial charge in [-0.15, -0.1) is 0 Å². The number of hydrogen-bond acceptors (Lipinski definition) is 4. The number of carbonyl (C=O) groups is 1. The molecule has 0 bridgehead atoms. The van der Waals surface area contributed by atoms with E-state index in [1.165, 1.54) is 0 Å². The molecule has 6 nitrogen and oxygen atoms in total. The molecule has 2 atom stereocenters. The first kappa shape index (κ1) is 14.7. The minimum absolute atomic E-state index is 0.0257. The van der Waals surface area contributed by atoms with Crippen LogP contribution in [0.2, 0.25) is 0 Å². The van der Waals surface area contributed by atoms with Gasteiger partial charge in [-0.05, 0) is 17.9 Å². The van der Waals surface area contributed by atoms with E-state index in [0.717, 1.165) is 17.5 Å². The van der Waals surface area contributed by atoms with Gasteiger partial charge < -0.3 is 9.73 Å². The van der Waals surface area contributed by atoms with Crippen LogP contribution in [0.3, 0.4) is 0 Å². The van der Waals surface area contributed by atoms with E-state index in [-0.39, 0.29) is 17.7 Å². The molecule has 1 aliphatic rings. The molecular formula is C18H18N4O2. The van der Waals surface area contributed by atoms with Crippen LogP contribution in [0.1, 0.15) is 23.8 Å². The number of hydrogen-bond donors (Lipinski definition) is 1. The van der Waals surface area contributed by atoms with E-state index in [2.05, 4.69) is 15.4 Å². The molecule has 0 spiro atoms. The number of rotatable bonds is 5. The van der Waals surface area contributed by atoms with Crippen molar-refractivity contribution in [3.05, 3.63) is 60.4 Å². The molecule has 0 unspecified atom stereocenters. The van der Waals surface area contributed by atoms with Crippen molar-refractivity contribution < 1.29 is 9.21 Å². The van der Waals surface area contributed by atoms with Crippen molar-refractivity contribution in [3.63, 3.8) is 0 Å². The van der Waals surface area contributed by atoms with Gasteiger partial charge in [0.2, 0.25) is 11.8 Å². The highest BCUT2D eigenvalue weighted by Gasteiger charge is 2.44. The Balaban J connectivity index is 1.33. The lowest BCUT2D eigenvalue weighted by molar-refractivity contribution is -0.122. The molecular weight excluding hydrogens is 304 g/mol. The third kappa shape index (κ3) is 2.95. The molecule has 1 fully saturated rings. The van der Waals surface area contributed by atoms with Gasteiger partial charge in [0.05, 0.1) is 18.9 Å². The Morgan fingerprint density at radius 3 is 2.92 bits per heavy atom. The Bertz CT molecular complexity index is 853. The molecule has 1 aromatic carbocycles. The van der Waals surface area contributed by atoms with Crippen molar-refractivity contribution in [2.75, 3.05) is 0 Å². The van der Waals surface area contributed by atoms with E-state index >= 15 is 0 Å². The van der Waals surface area contributed by atoms with Gasteiger partial charge in [-0.1, -0.05) is 30.3 Å². The molecule has 1 saturated carbocycles. The van der Waals surface area contributed by atoms with E-state index < -0.39 is 0 Å². The van der Waals surface area contributed by atoms with Crippen molar-refractivity contribution in [2.24, 2.45) is 13.0 Å². The maximum atomic E-state index is 12.2. The normalized spacial score (nSPS) is 19.2. The molecule has 1 amide bonds. The number of nitrogens with zero attached hydrogens (tertiary/aromatic N) is 3. The summed E-state index contributed by atoms with van der Waals surface area (Å²) in [5.74, 6) is 1.57. The largest absolute Gasteiger partial charge is 0.439 e. The highest BCUT2D eigenvalue weighted by Crippen LogP contribution is 2.47. The van der Waals surface area contributed by atoms with Crippen LogP contribution < -0.4 is 5.32 Å². The second-order valence-electron chi connectivity index (χ2n) is 6.10. The predicted octanol–water partition coefficient (Wildman–Crippen LogP) is 2.50. The molecule has 4 rings (SSSR count). The topological polar surface area (TPSA) is 73.0 Å². The number of nitrogens with one attached hydrogen (secondary N) is 1. The summed E-state index contributed by atoms with van der Waals surface area (Å²) in [6.07, 6.45) is 6.36. The Morgan fingerprint density at radius 2 is 2.17 bits per heavy atom. The lowest BCUT2D eigenvalue weighted by Gasteiger charge is -2.01. The molecule has 122 valence electrons. The number of benzene rings is 1. The number of amides is 1. The van der Waals surface area contributed by atoms with Crippen molar-refractivity contribution >= 4 is 5.91 Å². The molecule has 0 saturated heterocycles. The van der Waals surface area contributed by atoms with Crippen LogP contribution in [0.15, 0.2) is 53.3 Å². The zero-order valence-electron chi connectivity index (χ0n) is 13.3. The molecule has 3 aromatic rings. The quantitative estimate of drug-likeness (QED) is 0.783. The summed E-state index contributed by atoms with van der Waals surface area (Å²) in [6, 6.07) is 9.78. The van der Waals surface area contributed by atoms with Crippen molar-refractivity contribution in [3.8, 4) is 11.3 Å². The van der Waals surface area contributed by atoms with E-state index in [1.54, 1.807) is 10.9 Å². The summed E-state index contributed by atoms with van der Waals surface area (Å²) >= 11 is 0. The highest BCUT2D eigenvalue weighted by atomic mass is 16.4. The molecule has 0 aliphatic heterocycles. The summed E-state index contributed by atoms with van der Waals surface area (Å²) in [6.45, 7) is 0.307. The first-order valence-electron chi connectivity index (χ1n) is 7.97. The summed E-state index contributed by atoms with van der Waals surface area (Å²) in [5, 5.41) is 7.07. The molecule has 2 aromatic heterocycles. The van der Waals surface area contributed by atoms with Gasteiger partial charge in [-0.25, -0.2) is 4.98 Å². The van der Waals surface area contributed by atoms with E-state index in [4.69, 9.17) is 4.42 Å². The summed E-state index contributed by atoms with van der Waals surface area (Å²) in [4.78, 5) is 16.5. The standard InChI is InChI=1S/C18H18N4O2/c1-22-11-13(8-21-22)14-7-15(14)18(23)20-10-17-19-9-16(24-17)12-5-3-2-4-6-12/h2-6,8-9,11,14-15H,7,10H2,1H3,(H,20,23)/t14-,15+/m0/s1. The first-order valence-corrected chi connectivity index (χ1v) is 7.97. The van der Waals surface area contributed by atoms with Crippen LogP contribution in [0.4, 0.5) is 0 Å². The van der Waals surface area contributed by atoms with Crippen LogP contribution >= 0.6 is 0 Å². The van der Waals surface area contributed by atoms with Gasteiger partial charge in [0.25, 0.3) is 0 Å². The molecule has 6 heteroatoms. The average Bonchev–Trinajstić information content (AvgIpc) is 3.05. The van der Waals surface area contributed by atoms with Crippen molar-refractivity contribution in [1.29, 1.82) is 0 Å². The zero-order valence-corrected chi connectivity index (χ0v) is 13.3. The minimum atomic E-state index is 0.0257. The van der Waals surface area contributed by atoms with E-state index in [9.17, 15) is 4.79 Å². The lowest BCUT2D eigenvalue weighted by Crippen LogP contribution is -2.25. The van der Waals surface area contributed by atoms with Crippen LogP contribution in [-0.2, 0) is 18.4 Å². The van der Waals surface area contributed by atoms with Crippen LogP contribution in [0, 0.1) is 5.92 Å². The van der Waals surface area contributed by atoms with Gasteiger partial charge in [-0.2, -0.15) is 5.10 Å². The van der Waals surface area contributed by atoms with E-state index in [1.807, 2.05) is 49.8 Å². The summed E-state index contributed by atoms with van der Waals surface area (Å²) in [5.41, 5.74) is 2.10. The minimum Gasteiger partial charge on any atom is -0.439 e. The maximum Gasteiger partial charge on any atom is 0.224 e. The molecule has 24 heavy (non-hydrogen) atoms. The third-order valence-electron chi connectivity index (χ3n) is 4.31. The van der Waals surface area contributed by atoms with Crippen molar-refractivity contribution in [1.82, 2.24) is 20.1 Å².